The molecule has 1 fully saturated rings. The molecule has 22 heteroatoms. The number of piperidine rings is 1. The molecule has 22 nitrogen and oxygen atoms in total. The predicted octanol–water partition coefficient (Wildman–Crippen LogP) is 1.94. The van der Waals surface area contributed by atoms with E-state index in [9.17, 15) is 33.6 Å². The zero-order valence-corrected chi connectivity index (χ0v) is 38.5. The van der Waals surface area contributed by atoms with Gasteiger partial charge in [-0.3, -0.25) is 43.8 Å². The van der Waals surface area contributed by atoms with Crippen molar-refractivity contribution in [2.75, 3.05) is 144 Å². The number of nitrogens with zero attached hydrogens (tertiary/aromatic N) is 1. The maximum absolute atomic E-state index is 13.2. The third kappa shape index (κ3) is 25.5. The van der Waals surface area contributed by atoms with E-state index in [0.29, 0.717) is 145 Å². The molecule has 1 atom stereocenters. The smallest absolute Gasteiger partial charge is 0.305 e. The molecular formula is C45H69N3O19. The van der Waals surface area contributed by atoms with Gasteiger partial charge in [-0.25, -0.2) is 0 Å². The van der Waals surface area contributed by atoms with Crippen molar-refractivity contribution in [2.45, 2.75) is 70.3 Å². The number of nitrogens with one attached hydrogen (secondary N) is 2. The number of carboxylic acids is 1. The van der Waals surface area contributed by atoms with Crippen LogP contribution in [0.5, 0.6) is 0 Å². The first-order valence-electron chi connectivity index (χ1n) is 23.0. The van der Waals surface area contributed by atoms with Crippen LogP contribution in [0.15, 0.2) is 18.2 Å². The molecule has 1 aromatic rings. The van der Waals surface area contributed by atoms with E-state index in [2.05, 4.69) is 10.6 Å². The number of hydrogen-bond donors (Lipinski definition) is 3. The van der Waals surface area contributed by atoms with Gasteiger partial charge < -0.3 is 62.5 Å². The number of esters is 1. The maximum atomic E-state index is 13.2. The summed E-state index contributed by atoms with van der Waals surface area (Å²) in [6.45, 7) is 8.73. The number of aliphatic carboxylic acids is 1. The summed E-state index contributed by atoms with van der Waals surface area (Å²) in [5.74, 6) is -3.98. The number of imide groups is 2. The molecule has 2 heterocycles. The minimum atomic E-state index is -1.08. The van der Waals surface area contributed by atoms with Crippen LogP contribution in [0.2, 0.25) is 0 Å². The zero-order valence-electron chi connectivity index (χ0n) is 38.5. The van der Waals surface area contributed by atoms with Gasteiger partial charge in [0.2, 0.25) is 17.7 Å². The van der Waals surface area contributed by atoms with Crippen LogP contribution in [0, 0.1) is 0 Å². The lowest BCUT2D eigenvalue weighted by atomic mass is 10.0. The van der Waals surface area contributed by atoms with Crippen molar-refractivity contribution in [1.29, 1.82) is 0 Å². The molecule has 67 heavy (non-hydrogen) atoms. The van der Waals surface area contributed by atoms with E-state index < -0.39 is 35.6 Å². The highest BCUT2D eigenvalue weighted by Gasteiger charge is 2.45. The molecular weight excluding hydrogens is 886 g/mol. The molecule has 1 aromatic carbocycles. The second-order valence-corrected chi connectivity index (χ2v) is 15.0. The van der Waals surface area contributed by atoms with E-state index in [0.717, 1.165) is 17.7 Å². The Morgan fingerprint density at radius 3 is 1.48 bits per heavy atom. The largest absolute Gasteiger partial charge is 0.481 e. The van der Waals surface area contributed by atoms with Crippen LogP contribution in [0.25, 0.3) is 0 Å². The minimum absolute atomic E-state index is 0.0217. The Labute approximate surface area is 391 Å². The van der Waals surface area contributed by atoms with Crippen LogP contribution < -0.4 is 10.6 Å². The lowest BCUT2D eigenvalue weighted by Gasteiger charge is -2.27. The molecule has 3 N–H and O–H groups in total. The highest BCUT2D eigenvalue weighted by Crippen LogP contribution is 2.32. The molecule has 0 bridgehead atoms. The van der Waals surface area contributed by atoms with Crippen molar-refractivity contribution in [3.8, 4) is 0 Å². The Hall–Kier alpha value is -4.49. The fourth-order valence-electron chi connectivity index (χ4n) is 6.41. The molecule has 2 aliphatic heterocycles. The zero-order chi connectivity index (χ0) is 48.2. The summed E-state index contributed by atoms with van der Waals surface area (Å²) in [7, 11) is 0. The number of rotatable bonds is 43. The van der Waals surface area contributed by atoms with Crippen molar-refractivity contribution in [3.05, 3.63) is 29.3 Å². The van der Waals surface area contributed by atoms with Crippen LogP contribution >= 0.6 is 0 Å². The van der Waals surface area contributed by atoms with E-state index in [1.54, 1.807) is 12.1 Å². The van der Waals surface area contributed by atoms with Crippen molar-refractivity contribution >= 4 is 47.2 Å². The monoisotopic (exact) mass is 955 g/mol. The molecule has 0 spiro atoms. The van der Waals surface area contributed by atoms with Gasteiger partial charge in [0.1, 0.15) is 12.6 Å². The van der Waals surface area contributed by atoms with Crippen molar-refractivity contribution < 1.29 is 90.8 Å². The van der Waals surface area contributed by atoms with Gasteiger partial charge in [-0.2, -0.15) is 0 Å². The van der Waals surface area contributed by atoms with Crippen molar-refractivity contribution in [3.63, 3.8) is 0 Å². The summed E-state index contributed by atoms with van der Waals surface area (Å²) in [4.78, 5) is 85.6. The average molecular weight is 956 g/mol. The second-order valence-electron chi connectivity index (χ2n) is 15.0. The molecule has 0 saturated carbocycles. The number of hydrogen-bond acceptors (Lipinski definition) is 18. The Bertz CT molecular complexity index is 1630. The number of benzene rings is 1. The van der Waals surface area contributed by atoms with Crippen LogP contribution in [-0.4, -0.2) is 196 Å². The Kier molecular flexibility index (Phi) is 31.0. The summed E-state index contributed by atoms with van der Waals surface area (Å²) < 4.78 is 59.8. The number of carbonyl (C=O) groups is 7. The highest BCUT2D eigenvalue weighted by atomic mass is 16.6. The summed E-state index contributed by atoms with van der Waals surface area (Å²) in [6, 6.07) is 3.51. The van der Waals surface area contributed by atoms with E-state index in [1.165, 1.54) is 6.07 Å². The van der Waals surface area contributed by atoms with Crippen molar-refractivity contribution in [1.82, 2.24) is 10.2 Å². The Balaban J connectivity index is 0.970. The summed E-state index contributed by atoms with van der Waals surface area (Å²) in [5.41, 5.74) is 0.360. The molecule has 0 aromatic heterocycles. The number of ether oxygens (including phenoxy) is 11. The highest BCUT2D eigenvalue weighted by molar-refractivity contribution is 6.26. The molecule has 5 amide bonds. The Morgan fingerprint density at radius 2 is 1.00 bits per heavy atom. The maximum Gasteiger partial charge on any atom is 0.305 e. The van der Waals surface area contributed by atoms with E-state index in [-0.39, 0.29) is 74.0 Å². The van der Waals surface area contributed by atoms with Crippen molar-refractivity contribution in [2.24, 2.45) is 0 Å². The van der Waals surface area contributed by atoms with Crippen LogP contribution in [0.3, 0.4) is 0 Å². The average Bonchev–Trinajstić information content (AvgIpc) is 3.56. The molecule has 0 aliphatic carbocycles. The van der Waals surface area contributed by atoms with Gasteiger partial charge in [0, 0.05) is 32.3 Å². The van der Waals surface area contributed by atoms with Crippen LogP contribution in [0.1, 0.15) is 84.9 Å². The predicted molar refractivity (Wildman–Crippen MR) is 235 cm³/mol. The number of unbranched alkanes of at least 4 members (excludes halogenated alkanes) is 3. The van der Waals surface area contributed by atoms with Gasteiger partial charge in [-0.15, -0.1) is 0 Å². The van der Waals surface area contributed by atoms with Gasteiger partial charge in [0.25, 0.3) is 11.8 Å². The second kappa shape index (κ2) is 36.5. The molecule has 3 rings (SSSR count). The Morgan fingerprint density at radius 1 is 0.552 bits per heavy atom. The first-order valence-corrected chi connectivity index (χ1v) is 23.0. The standard InChI is InChI=1S/C45H69N3O19/c49-38(46-36-8-6-7-35-42(36)45(56)48(44(35)55)37-12-13-39(50)47-43(37)54)9-2-1-5-14-57-15-16-58-17-18-59-19-20-60-21-22-61-23-24-62-25-26-63-27-28-64-29-30-65-31-32-66-33-34-67-41(53)11-4-3-10-40(51)52/h6-8,37H,1-5,9-34H2,(H,46,49)(H,51,52)(H,47,50,54). The minimum Gasteiger partial charge on any atom is -0.481 e. The molecule has 2 aliphatic rings. The lowest BCUT2D eigenvalue weighted by molar-refractivity contribution is -0.146. The van der Waals surface area contributed by atoms with Gasteiger partial charge in [0.15, 0.2) is 0 Å². The summed E-state index contributed by atoms with van der Waals surface area (Å²) in [6.07, 6.45) is 3.58. The molecule has 1 unspecified atom stereocenters. The summed E-state index contributed by atoms with van der Waals surface area (Å²) >= 11 is 0. The third-order valence-corrected chi connectivity index (χ3v) is 9.80. The van der Waals surface area contributed by atoms with Gasteiger partial charge >= 0.3 is 11.9 Å². The quantitative estimate of drug-likeness (QED) is 0.0480. The van der Waals surface area contributed by atoms with Crippen LogP contribution in [-0.2, 0) is 76.1 Å². The number of carbonyl (C=O) groups excluding carboxylic acids is 6. The molecule has 0 radical (unpaired) electrons. The topological polar surface area (TPSA) is 269 Å². The van der Waals surface area contributed by atoms with E-state index in [1.807, 2.05) is 0 Å². The molecule has 378 valence electrons. The number of fused-ring (bicyclic) bond motifs is 1. The fourth-order valence-corrected chi connectivity index (χ4v) is 6.41. The van der Waals surface area contributed by atoms with E-state index in [4.69, 9.17) is 57.2 Å². The van der Waals surface area contributed by atoms with Gasteiger partial charge in [-0.05, 0) is 44.2 Å². The first-order chi connectivity index (χ1) is 32.7. The van der Waals surface area contributed by atoms with Gasteiger partial charge in [-0.1, -0.05) is 12.5 Å². The summed E-state index contributed by atoms with van der Waals surface area (Å²) in [5, 5.41) is 13.5. The normalized spacial score (nSPS) is 14.7. The lowest BCUT2D eigenvalue weighted by Crippen LogP contribution is -2.54. The first kappa shape index (κ1) is 56.8. The van der Waals surface area contributed by atoms with E-state index >= 15 is 0 Å². The number of amides is 5. The number of anilines is 1. The van der Waals surface area contributed by atoms with Gasteiger partial charge in [0.05, 0.1) is 142 Å². The van der Waals surface area contributed by atoms with Crippen LogP contribution in [0.4, 0.5) is 5.69 Å². The SMILES string of the molecule is O=C(O)CCCCC(=O)OCCOCCOCCOCCOCCOCCOCCOCCOCCOCCOCCCCCC(=O)Nc1cccc2c1C(=O)N(C1CCC(=O)NC1=O)C2=O. The third-order valence-electron chi connectivity index (χ3n) is 9.80. The fraction of sp³-hybridized carbons (Fsp3) is 0.711. The molecule has 1 saturated heterocycles. The number of carboxylic acid groups (broad SMARTS) is 1.